The Bertz CT molecular complexity index is 538. The molecule has 2 rings (SSSR count). The first-order valence-corrected chi connectivity index (χ1v) is 5.71. The van der Waals surface area contributed by atoms with Gasteiger partial charge in [-0.2, -0.15) is 0 Å². The van der Waals surface area contributed by atoms with Crippen LogP contribution in [0.15, 0.2) is 21.9 Å². The zero-order valence-corrected chi connectivity index (χ0v) is 10.0. The molecule has 1 saturated heterocycles. The van der Waals surface area contributed by atoms with E-state index in [0.717, 1.165) is 10.6 Å². The summed E-state index contributed by atoms with van der Waals surface area (Å²) < 4.78 is 20.4. The molecular formula is C11H15FN2O4. The second kappa shape index (κ2) is 4.66. The van der Waals surface area contributed by atoms with Crippen molar-refractivity contribution in [3.8, 4) is 0 Å². The number of aromatic amines is 1. The van der Waals surface area contributed by atoms with E-state index >= 15 is 0 Å². The molecule has 0 aromatic carbocycles. The lowest BCUT2D eigenvalue weighted by atomic mass is 9.98. The number of nitrogens with zero attached hydrogens (tertiary/aromatic N) is 1. The number of H-pyrrole nitrogens is 1. The third-order valence-electron chi connectivity index (χ3n) is 3.19. The molecule has 1 unspecified atom stereocenters. The molecule has 1 aliphatic rings. The van der Waals surface area contributed by atoms with Crippen molar-refractivity contribution < 1.29 is 14.2 Å². The van der Waals surface area contributed by atoms with Crippen LogP contribution < -0.4 is 11.2 Å². The van der Waals surface area contributed by atoms with Crippen LogP contribution in [0.3, 0.4) is 0 Å². The number of hydrogen-bond acceptors (Lipinski definition) is 4. The third kappa shape index (κ3) is 2.11. The van der Waals surface area contributed by atoms with E-state index in [0.29, 0.717) is 0 Å². The van der Waals surface area contributed by atoms with Crippen LogP contribution in [0.4, 0.5) is 4.39 Å². The molecule has 1 aromatic rings. The molecule has 1 aliphatic heterocycles. The molecule has 0 radical (unpaired) electrons. The summed E-state index contributed by atoms with van der Waals surface area (Å²) in [4.78, 5) is 24.5. The summed E-state index contributed by atoms with van der Waals surface area (Å²) in [5.74, 6) is -0.533. The van der Waals surface area contributed by atoms with Gasteiger partial charge < -0.3 is 9.84 Å². The SMILES string of the molecule is CC1[C@H](F)[C@H](n2ccc(=O)[nH]c2=O)O[C@@H]1[C@H](C)O. The average molecular weight is 258 g/mol. The van der Waals surface area contributed by atoms with E-state index in [1.807, 2.05) is 4.98 Å². The van der Waals surface area contributed by atoms with Gasteiger partial charge in [0.1, 0.15) is 0 Å². The van der Waals surface area contributed by atoms with Crippen LogP contribution in [0.25, 0.3) is 0 Å². The van der Waals surface area contributed by atoms with Crippen LogP contribution in [0, 0.1) is 5.92 Å². The molecule has 0 aliphatic carbocycles. The van der Waals surface area contributed by atoms with Crippen molar-refractivity contribution >= 4 is 0 Å². The topological polar surface area (TPSA) is 84.3 Å². The zero-order chi connectivity index (χ0) is 13.4. The van der Waals surface area contributed by atoms with Crippen molar-refractivity contribution in [3.63, 3.8) is 0 Å². The maximum absolute atomic E-state index is 14.1. The van der Waals surface area contributed by atoms with Crippen molar-refractivity contribution in [2.75, 3.05) is 0 Å². The van der Waals surface area contributed by atoms with Crippen molar-refractivity contribution in [1.29, 1.82) is 0 Å². The molecular weight excluding hydrogens is 243 g/mol. The van der Waals surface area contributed by atoms with E-state index in [1.54, 1.807) is 6.92 Å². The molecule has 2 heterocycles. The number of aliphatic hydroxyl groups is 1. The van der Waals surface area contributed by atoms with E-state index in [2.05, 4.69) is 0 Å². The van der Waals surface area contributed by atoms with Gasteiger partial charge in [0.2, 0.25) is 0 Å². The molecule has 2 N–H and O–H groups in total. The smallest absolute Gasteiger partial charge is 0.330 e. The Hall–Kier alpha value is -1.47. The summed E-state index contributed by atoms with van der Waals surface area (Å²) in [7, 11) is 0. The van der Waals surface area contributed by atoms with Gasteiger partial charge in [0.05, 0.1) is 12.2 Å². The van der Waals surface area contributed by atoms with Crippen molar-refractivity contribution in [2.45, 2.75) is 38.5 Å². The fourth-order valence-electron chi connectivity index (χ4n) is 2.20. The van der Waals surface area contributed by atoms with Crippen molar-refractivity contribution in [2.24, 2.45) is 5.92 Å². The Morgan fingerprint density at radius 3 is 2.72 bits per heavy atom. The second-order valence-electron chi connectivity index (χ2n) is 4.55. The van der Waals surface area contributed by atoms with Crippen LogP contribution >= 0.6 is 0 Å². The molecule has 1 aromatic heterocycles. The molecule has 0 saturated carbocycles. The van der Waals surface area contributed by atoms with Crippen molar-refractivity contribution in [1.82, 2.24) is 9.55 Å². The number of aromatic nitrogens is 2. The molecule has 100 valence electrons. The largest absolute Gasteiger partial charge is 0.391 e. The van der Waals surface area contributed by atoms with Gasteiger partial charge in [0.15, 0.2) is 12.4 Å². The number of alkyl halides is 1. The summed E-state index contributed by atoms with van der Waals surface area (Å²) in [6.45, 7) is 3.12. The van der Waals surface area contributed by atoms with E-state index in [1.165, 1.54) is 13.1 Å². The van der Waals surface area contributed by atoms with Gasteiger partial charge in [0.25, 0.3) is 5.56 Å². The molecule has 0 spiro atoms. The summed E-state index contributed by atoms with van der Waals surface area (Å²) in [5.41, 5.74) is -1.28. The van der Waals surface area contributed by atoms with E-state index in [4.69, 9.17) is 4.74 Å². The highest BCUT2D eigenvalue weighted by Crippen LogP contribution is 2.36. The van der Waals surface area contributed by atoms with Crippen LogP contribution in [0.5, 0.6) is 0 Å². The maximum atomic E-state index is 14.1. The Kier molecular flexibility index (Phi) is 3.36. The first kappa shape index (κ1) is 13.0. The van der Waals surface area contributed by atoms with E-state index in [-0.39, 0.29) is 0 Å². The zero-order valence-electron chi connectivity index (χ0n) is 10.0. The Balaban J connectivity index is 2.35. The predicted molar refractivity (Wildman–Crippen MR) is 61.0 cm³/mol. The summed E-state index contributed by atoms with van der Waals surface area (Å²) >= 11 is 0. The summed E-state index contributed by atoms with van der Waals surface area (Å²) in [5, 5.41) is 9.48. The number of hydrogen-bond donors (Lipinski definition) is 2. The average Bonchev–Trinajstić information content (AvgIpc) is 2.57. The molecule has 0 bridgehead atoms. The number of ether oxygens (including phenoxy) is 1. The number of nitrogens with one attached hydrogen (secondary N) is 1. The van der Waals surface area contributed by atoms with Gasteiger partial charge in [-0.15, -0.1) is 0 Å². The van der Waals surface area contributed by atoms with Gasteiger partial charge in [-0.05, 0) is 6.92 Å². The van der Waals surface area contributed by atoms with Gasteiger partial charge >= 0.3 is 5.69 Å². The fourth-order valence-corrected chi connectivity index (χ4v) is 2.20. The number of halogens is 1. The maximum Gasteiger partial charge on any atom is 0.330 e. The Labute approximate surface area is 102 Å². The number of aliphatic hydroxyl groups excluding tert-OH is 1. The lowest BCUT2D eigenvalue weighted by Gasteiger charge is -2.17. The molecule has 5 atom stereocenters. The lowest BCUT2D eigenvalue weighted by Crippen LogP contribution is -2.34. The van der Waals surface area contributed by atoms with E-state index < -0.39 is 41.8 Å². The first-order valence-electron chi connectivity index (χ1n) is 5.71. The van der Waals surface area contributed by atoms with Crippen LogP contribution in [-0.2, 0) is 4.74 Å². The predicted octanol–water partition coefficient (Wildman–Crippen LogP) is -0.211. The highest BCUT2D eigenvalue weighted by molar-refractivity contribution is 4.93. The second-order valence-corrected chi connectivity index (χ2v) is 4.55. The van der Waals surface area contributed by atoms with Crippen LogP contribution in [0.2, 0.25) is 0 Å². The quantitative estimate of drug-likeness (QED) is 0.768. The van der Waals surface area contributed by atoms with Crippen molar-refractivity contribution in [3.05, 3.63) is 33.1 Å². The molecule has 0 amide bonds. The minimum absolute atomic E-state index is 0.533. The van der Waals surface area contributed by atoms with Gasteiger partial charge in [0, 0.05) is 18.2 Å². The van der Waals surface area contributed by atoms with Gasteiger partial charge in [-0.1, -0.05) is 6.92 Å². The Morgan fingerprint density at radius 1 is 1.56 bits per heavy atom. The molecule has 7 heteroatoms. The first-order chi connectivity index (χ1) is 8.41. The highest BCUT2D eigenvalue weighted by atomic mass is 19.1. The van der Waals surface area contributed by atoms with Crippen LogP contribution in [-0.4, -0.2) is 33.0 Å². The monoisotopic (exact) mass is 258 g/mol. The highest BCUT2D eigenvalue weighted by Gasteiger charge is 2.45. The Morgan fingerprint density at radius 2 is 2.22 bits per heavy atom. The lowest BCUT2D eigenvalue weighted by molar-refractivity contribution is -0.0684. The normalized spacial score (nSPS) is 33.6. The summed E-state index contributed by atoms with van der Waals surface area (Å²) in [6, 6.07) is 1.12. The van der Waals surface area contributed by atoms with Gasteiger partial charge in [-0.3, -0.25) is 14.3 Å². The molecule has 6 nitrogen and oxygen atoms in total. The summed E-state index contributed by atoms with van der Waals surface area (Å²) in [6.07, 6.45) is -2.86. The molecule has 18 heavy (non-hydrogen) atoms. The van der Waals surface area contributed by atoms with Gasteiger partial charge in [-0.25, -0.2) is 9.18 Å². The fraction of sp³-hybridized carbons (Fsp3) is 0.636. The van der Waals surface area contributed by atoms with Crippen LogP contribution in [0.1, 0.15) is 20.1 Å². The van der Waals surface area contributed by atoms with E-state index in [9.17, 15) is 19.1 Å². The third-order valence-corrected chi connectivity index (χ3v) is 3.19. The minimum atomic E-state index is -1.42. The standard InChI is InChI=1S/C11H15FN2O4/c1-5-8(12)10(18-9(5)6(2)15)14-4-3-7(16)13-11(14)17/h3-6,8-10,15H,1-2H3,(H,13,16,17)/t5?,6-,8-,9-,10+/m0/s1. The molecule has 1 fully saturated rings. The number of rotatable bonds is 2. The minimum Gasteiger partial charge on any atom is -0.391 e.